The number of benzene rings is 2. The fraction of sp³-hybridized carbons (Fsp3) is 0.0769. The van der Waals surface area contributed by atoms with Crippen molar-refractivity contribution < 1.29 is 4.74 Å². The highest BCUT2D eigenvalue weighted by Gasteiger charge is 2.06. The monoisotopic (exact) mass is 216 g/mol. The molecule has 0 saturated carbocycles. The maximum absolute atomic E-state index is 5.32. The Labute approximate surface area is 95.1 Å². The van der Waals surface area contributed by atoms with Gasteiger partial charge in [0.25, 0.3) is 0 Å². The van der Waals surface area contributed by atoms with Crippen LogP contribution in [0, 0.1) is 0 Å². The van der Waals surface area contributed by atoms with Gasteiger partial charge in [-0.15, -0.1) is 12.6 Å². The van der Waals surface area contributed by atoms with Gasteiger partial charge in [-0.25, -0.2) is 0 Å². The lowest BCUT2D eigenvalue weighted by atomic mass is 10.0. The highest BCUT2D eigenvalue weighted by molar-refractivity contribution is 7.80. The number of hydrogen-bond acceptors (Lipinski definition) is 2. The molecule has 1 nitrogen and oxygen atoms in total. The average Bonchev–Trinajstić information content (AvgIpc) is 2.30. The minimum atomic E-state index is 0.874. The van der Waals surface area contributed by atoms with E-state index in [-0.39, 0.29) is 0 Å². The van der Waals surface area contributed by atoms with Crippen molar-refractivity contribution in [3.05, 3.63) is 48.5 Å². The van der Waals surface area contributed by atoms with E-state index in [2.05, 4.69) is 12.6 Å². The molecule has 0 radical (unpaired) electrons. The summed E-state index contributed by atoms with van der Waals surface area (Å²) < 4.78 is 5.32. The second-order valence-corrected chi connectivity index (χ2v) is 3.70. The van der Waals surface area contributed by atoms with E-state index in [1.807, 2.05) is 48.5 Å². The first-order valence-corrected chi connectivity index (χ1v) is 5.19. The molecule has 2 rings (SSSR count). The van der Waals surface area contributed by atoms with Gasteiger partial charge in [-0.3, -0.25) is 0 Å². The molecular weight excluding hydrogens is 204 g/mol. The molecule has 0 aliphatic carbocycles. The van der Waals surface area contributed by atoms with Crippen molar-refractivity contribution in [3.63, 3.8) is 0 Å². The average molecular weight is 216 g/mol. The van der Waals surface area contributed by atoms with Gasteiger partial charge in [0, 0.05) is 10.5 Å². The highest BCUT2D eigenvalue weighted by Crippen LogP contribution is 2.33. The van der Waals surface area contributed by atoms with Crippen LogP contribution in [0.2, 0.25) is 0 Å². The number of thiol groups is 1. The molecule has 2 aromatic rings. The van der Waals surface area contributed by atoms with E-state index in [1.54, 1.807) is 7.11 Å². The van der Waals surface area contributed by atoms with Gasteiger partial charge in [0.1, 0.15) is 5.75 Å². The van der Waals surface area contributed by atoms with Crippen LogP contribution in [0.25, 0.3) is 11.1 Å². The standard InChI is InChI=1S/C13H12OS/c1-14-12-8-4-2-6-10(12)11-7-3-5-9-13(11)15/h2-9,15H,1H3. The Morgan fingerprint density at radius 3 is 2.13 bits per heavy atom. The number of para-hydroxylation sites is 1. The normalized spacial score (nSPS) is 10.0. The fourth-order valence-corrected chi connectivity index (χ4v) is 1.85. The minimum absolute atomic E-state index is 0.874. The number of methoxy groups -OCH3 is 1. The SMILES string of the molecule is COc1ccccc1-c1ccccc1S. The van der Waals surface area contributed by atoms with Crippen molar-refractivity contribution in [2.75, 3.05) is 7.11 Å². The molecule has 2 aromatic carbocycles. The van der Waals surface area contributed by atoms with E-state index >= 15 is 0 Å². The molecule has 0 aromatic heterocycles. The third kappa shape index (κ3) is 2.00. The maximum atomic E-state index is 5.32. The predicted octanol–water partition coefficient (Wildman–Crippen LogP) is 3.65. The van der Waals surface area contributed by atoms with Crippen molar-refractivity contribution in [3.8, 4) is 16.9 Å². The molecule has 76 valence electrons. The first kappa shape index (κ1) is 10.1. The molecule has 0 fully saturated rings. The third-order valence-corrected chi connectivity index (χ3v) is 2.69. The molecule has 0 saturated heterocycles. The first-order valence-electron chi connectivity index (χ1n) is 4.74. The Morgan fingerprint density at radius 2 is 1.47 bits per heavy atom. The lowest BCUT2D eigenvalue weighted by Crippen LogP contribution is -1.87. The summed E-state index contributed by atoms with van der Waals surface area (Å²) in [6, 6.07) is 15.9. The lowest BCUT2D eigenvalue weighted by Gasteiger charge is -2.09. The van der Waals surface area contributed by atoms with Crippen LogP contribution in [0.15, 0.2) is 53.4 Å². The van der Waals surface area contributed by atoms with Crippen molar-refractivity contribution in [2.45, 2.75) is 4.90 Å². The molecule has 0 N–H and O–H groups in total. The van der Waals surface area contributed by atoms with E-state index in [0.29, 0.717) is 0 Å². The van der Waals surface area contributed by atoms with Gasteiger partial charge in [0.2, 0.25) is 0 Å². The first-order chi connectivity index (χ1) is 7.33. The van der Waals surface area contributed by atoms with Crippen molar-refractivity contribution in [1.82, 2.24) is 0 Å². The molecule has 0 amide bonds. The summed E-state index contributed by atoms with van der Waals surface area (Å²) >= 11 is 4.44. The van der Waals surface area contributed by atoms with Crippen molar-refractivity contribution >= 4 is 12.6 Å². The van der Waals surface area contributed by atoms with Crippen molar-refractivity contribution in [1.29, 1.82) is 0 Å². The summed E-state index contributed by atoms with van der Waals surface area (Å²) in [6.45, 7) is 0. The summed E-state index contributed by atoms with van der Waals surface area (Å²) in [6.07, 6.45) is 0. The molecule has 0 atom stereocenters. The van der Waals surface area contributed by atoms with Crippen LogP contribution in [0.5, 0.6) is 5.75 Å². The third-order valence-electron chi connectivity index (χ3n) is 2.30. The summed E-state index contributed by atoms with van der Waals surface area (Å²) in [7, 11) is 1.68. The second-order valence-electron chi connectivity index (χ2n) is 3.22. The van der Waals surface area contributed by atoms with Crippen LogP contribution in [0.1, 0.15) is 0 Å². The van der Waals surface area contributed by atoms with Gasteiger partial charge in [0.05, 0.1) is 7.11 Å². The molecule has 0 unspecified atom stereocenters. The maximum Gasteiger partial charge on any atom is 0.126 e. The summed E-state index contributed by atoms with van der Waals surface area (Å²) in [5, 5.41) is 0. The molecule has 15 heavy (non-hydrogen) atoms. The van der Waals surface area contributed by atoms with Crippen LogP contribution in [0.3, 0.4) is 0 Å². The summed E-state index contributed by atoms with van der Waals surface area (Å²) in [4.78, 5) is 0.960. The van der Waals surface area contributed by atoms with Gasteiger partial charge in [-0.1, -0.05) is 36.4 Å². The zero-order chi connectivity index (χ0) is 10.7. The smallest absolute Gasteiger partial charge is 0.126 e. The molecule has 0 aliphatic rings. The van der Waals surface area contributed by atoms with Crippen molar-refractivity contribution in [2.24, 2.45) is 0 Å². The zero-order valence-electron chi connectivity index (χ0n) is 8.47. The van der Waals surface area contributed by atoms with Crippen LogP contribution in [-0.4, -0.2) is 7.11 Å². The molecule has 0 spiro atoms. The Bertz CT molecular complexity index is 466. The van der Waals surface area contributed by atoms with Gasteiger partial charge in [-0.2, -0.15) is 0 Å². The lowest BCUT2D eigenvalue weighted by molar-refractivity contribution is 0.416. The van der Waals surface area contributed by atoms with Gasteiger partial charge < -0.3 is 4.74 Å². The Morgan fingerprint density at radius 1 is 0.867 bits per heavy atom. The largest absolute Gasteiger partial charge is 0.496 e. The molecule has 0 heterocycles. The second kappa shape index (κ2) is 4.41. The van der Waals surface area contributed by atoms with E-state index < -0.39 is 0 Å². The predicted molar refractivity (Wildman–Crippen MR) is 65.7 cm³/mol. The Kier molecular flexibility index (Phi) is 2.97. The van der Waals surface area contributed by atoms with Gasteiger partial charge >= 0.3 is 0 Å². The zero-order valence-corrected chi connectivity index (χ0v) is 9.37. The number of hydrogen-bond donors (Lipinski definition) is 1. The van der Waals surface area contributed by atoms with Gasteiger partial charge in [0.15, 0.2) is 0 Å². The van der Waals surface area contributed by atoms with Crippen LogP contribution < -0.4 is 4.74 Å². The van der Waals surface area contributed by atoms with E-state index in [0.717, 1.165) is 21.8 Å². The molecule has 0 bridgehead atoms. The topological polar surface area (TPSA) is 9.23 Å². The highest BCUT2D eigenvalue weighted by atomic mass is 32.1. The summed E-state index contributed by atoms with van der Waals surface area (Å²) in [5.41, 5.74) is 2.17. The van der Waals surface area contributed by atoms with Crippen LogP contribution >= 0.6 is 12.6 Å². The quantitative estimate of drug-likeness (QED) is 0.754. The van der Waals surface area contributed by atoms with E-state index in [9.17, 15) is 0 Å². The van der Waals surface area contributed by atoms with E-state index in [1.165, 1.54) is 0 Å². The molecular formula is C13H12OS. The molecule has 0 aliphatic heterocycles. The summed E-state index contributed by atoms with van der Waals surface area (Å²) in [5.74, 6) is 0.874. The minimum Gasteiger partial charge on any atom is -0.496 e. The fourth-order valence-electron chi connectivity index (χ4n) is 1.57. The number of rotatable bonds is 2. The van der Waals surface area contributed by atoms with Gasteiger partial charge in [-0.05, 0) is 17.7 Å². The number of ether oxygens (including phenoxy) is 1. The molecule has 2 heteroatoms. The van der Waals surface area contributed by atoms with Crippen LogP contribution in [-0.2, 0) is 0 Å². The van der Waals surface area contributed by atoms with E-state index in [4.69, 9.17) is 4.74 Å². The Hall–Kier alpha value is -1.41. The Balaban J connectivity index is 2.59. The van der Waals surface area contributed by atoms with Crippen LogP contribution in [0.4, 0.5) is 0 Å².